The maximum atomic E-state index is 11.4. The van der Waals surface area contributed by atoms with E-state index in [9.17, 15) is 4.79 Å². The summed E-state index contributed by atoms with van der Waals surface area (Å²) >= 11 is 17.0. The number of alkyl halides is 2. The first-order chi connectivity index (χ1) is 9.06. The van der Waals surface area contributed by atoms with Gasteiger partial charge in [0.15, 0.2) is 6.61 Å². The Balaban J connectivity index is 2.46. The first-order valence-electron chi connectivity index (χ1n) is 5.42. The molecule has 7 heteroatoms. The zero-order valence-electron chi connectivity index (χ0n) is 10.3. The first-order valence-corrected chi connectivity index (χ1v) is 6.86. The Hall–Kier alpha value is -0.970. The van der Waals surface area contributed by atoms with Gasteiger partial charge in [0.1, 0.15) is 5.75 Å². The van der Waals surface area contributed by atoms with Crippen molar-refractivity contribution in [1.82, 2.24) is 5.43 Å². The molecule has 0 heterocycles. The largest absolute Gasteiger partial charge is 0.484 e. The van der Waals surface area contributed by atoms with Gasteiger partial charge in [-0.2, -0.15) is 5.10 Å². The number of hydrogen-bond donors (Lipinski definition) is 1. The van der Waals surface area contributed by atoms with Crippen molar-refractivity contribution < 1.29 is 9.53 Å². The van der Waals surface area contributed by atoms with E-state index < -0.39 is 0 Å². The first kappa shape index (κ1) is 16.1. The van der Waals surface area contributed by atoms with Crippen LogP contribution in [-0.4, -0.2) is 30.0 Å². The molecule has 0 fully saturated rings. The fourth-order valence-corrected chi connectivity index (χ4v) is 1.65. The smallest absolute Gasteiger partial charge is 0.277 e. The van der Waals surface area contributed by atoms with Crippen LogP contribution in [0.4, 0.5) is 0 Å². The van der Waals surface area contributed by atoms with Gasteiger partial charge in [-0.3, -0.25) is 4.79 Å². The Labute approximate surface area is 126 Å². The minimum absolute atomic E-state index is 0.150. The van der Waals surface area contributed by atoms with Crippen LogP contribution in [0.1, 0.15) is 5.56 Å². The van der Waals surface area contributed by atoms with Crippen molar-refractivity contribution in [1.29, 1.82) is 0 Å². The molecule has 1 rings (SSSR count). The molecule has 1 amide bonds. The molecule has 0 unspecified atom stereocenters. The molecular weight excluding hydrogens is 311 g/mol. The van der Waals surface area contributed by atoms with Crippen molar-refractivity contribution in [2.24, 2.45) is 5.10 Å². The van der Waals surface area contributed by atoms with E-state index in [-0.39, 0.29) is 24.3 Å². The summed E-state index contributed by atoms with van der Waals surface area (Å²) in [6, 6.07) is 5.15. The SMILES string of the molecule is Cc1cc(OCC(=O)NN=C(CCl)CCl)ccc1Cl. The molecule has 1 N–H and O–H groups in total. The Morgan fingerprint density at radius 3 is 2.63 bits per heavy atom. The molecular formula is C12H13Cl3N2O2. The summed E-state index contributed by atoms with van der Waals surface area (Å²) in [5.41, 5.74) is 3.67. The number of ether oxygens (including phenoxy) is 1. The van der Waals surface area contributed by atoms with Crippen LogP contribution in [0, 0.1) is 6.92 Å². The number of halogens is 3. The van der Waals surface area contributed by atoms with Crippen LogP contribution in [0.5, 0.6) is 5.75 Å². The van der Waals surface area contributed by atoms with Crippen LogP contribution in [0.3, 0.4) is 0 Å². The van der Waals surface area contributed by atoms with E-state index in [2.05, 4.69) is 10.5 Å². The molecule has 0 bridgehead atoms. The van der Waals surface area contributed by atoms with Gasteiger partial charge in [0, 0.05) is 5.02 Å². The van der Waals surface area contributed by atoms with Gasteiger partial charge in [0.05, 0.1) is 17.5 Å². The average Bonchev–Trinajstić information content (AvgIpc) is 2.41. The number of nitrogens with one attached hydrogen (secondary N) is 1. The normalized spacial score (nSPS) is 9.89. The van der Waals surface area contributed by atoms with Gasteiger partial charge < -0.3 is 4.74 Å². The standard InChI is InChI=1S/C12H13Cl3N2O2/c1-8-4-10(2-3-11(8)15)19-7-12(18)17-16-9(5-13)6-14/h2-4H,5-7H2,1H3,(H,17,18). The Kier molecular flexibility index (Phi) is 6.99. The lowest BCUT2D eigenvalue weighted by molar-refractivity contribution is -0.123. The number of benzene rings is 1. The number of carbonyl (C=O) groups is 1. The highest BCUT2D eigenvalue weighted by atomic mass is 35.5. The molecule has 1 aromatic rings. The van der Waals surface area contributed by atoms with Gasteiger partial charge in [-0.1, -0.05) is 11.6 Å². The van der Waals surface area contributed by atoms with E-state index in [1.807, 2.05) is 6.92 Å². The van der Waals surface area contributed by atoms with E-state index >= 15 is 0 Å². The fourth-order valence-electron chi connectivity index (χ4n) is 1.13. The van der Waals surface area contributed by atoms with Crippen LogP contribution in [0.15, 0.2) is 23.3 Å². The number of hydrazone groups is 1. The highest BCUT2D eigenvalue weighted by molar-refractivity contribution is 6.37. The van der Waals surface area contributed by atoms with Crippen molar-refractivity contribution in [3.8, 4) is 5.75 Å². The molecule has 4 nitrogen and oxygen atoms in total. The lowest BCUT2D eigenvalue weighted by Gasteiger charge is -2.07. The van der Waals surface area contributed by atoms with Gasteiger partial charge in [-0.15, -0.1) is 23.2 Å². The van der Waals surface area contributed by atoms with Crippen molar-refractivity contribution in [2.75, 3.05) is 18.4 Å². The third kappa shape index (κ3) is 5.68. The number of amides is 1. The molecule has 0 saturated carbocycles. The van der Waals surface area contributed by atoms with Crippen molar-refractivity contribution in [3.63, 3.8) is 0 Å². The Morgan fingerprint density at radius 1 is 1.37 bits per heavy atom. The number of hydrogen-bond acceptors (Lipinski definition) is 3. The summed E-state index contributed by atoms with van der Waals surface area (Å²) in [6.45, 7) is 1.70. The van der Waals surface area contributed by atoms with Crippen molar-refractivity contribution in [3.05, 3.63) is 28.8 Å². The monoisotopic (exact) mass is 322 g/mol. The van der Waals surface area contributed by atoms with E-state index in [1.165, 1.54) is 0 Å². The summed E-state index contributed by atoms with van der Waals surface area (Å²) in [6.07, 6.45) is 0. The van der Waals surface area contributed by atoms with Crippen LogP contribution >= 0.6 is 34.8 Å². The fraction of sp³-hybridized carbons (Fsp3) is 0.333. The molecule has 0 atom stereocenters. The van der Waals surface area contributed by atoms with Gasteiger partial charge in [0.25, 0.3) is 5.91 Å². The zero-order valence-corrected chi connectivity index (χ0v) is 12.5. The Bertz CT molecular complexity index is 472. The van der Waals surface area contributed by atoms with Gasteiger partial charge in [-0.05, 0) is 30.7 Å². The molecule has 104 valence electrons. The van der Waals surface area contributed by atoms with Crippen LogP contribution in [0.25, 0.3) is 0 Å². The van der Waals surface area contributed by atoms with E-state index in [1.54, 1.807) is 18.2 Å². The molecule has 0 aliphatic heterocycles. The second-order valence-electron chi connectivity index (χ2n) is 3.68. The van der Waals surface area contributed by atoms with Gasteiger partial charge >= 0.3 is 0 Å². The highest BCUT2D eigenvalue weighted by Crippen LogP contribution is 2.20. The number of nitrogens with zero attached hydrogens (tertiary/aromatic N) is 1. The molecule has 0 saturated heterocycles. The maximum Gasteiger partial charge on any atom is 0.277 e. The minimum atomic E-state index is -0.389. The summed E-state index contributed by atoms with van der Waals surface area (Å²) < 4.78 is 5.30. The zero-order chi connectivity index (χ0) is 14.3. The van der Waals surface area contributed by atoms with Gasteiger partial charge in [0.2, 0.25) is 0 Å². The summed E-state index contributed by atoms with van der Waals surface area (Å²) in [4.78, 5) is 11.4. The van der Waals surface area contributed by atoms with E-state index in [4.69, 9.17) is 39.5 Å². The van der Waals surface area contributed by atoms with Crippen LogP contribution < -0.4 is 10.2 Å². The average molecular weight is 324 g/mol. The summed E-state index contributed by atoms with van der Waals surface area (Å²) in [5, 5.41) is 4.41. The summed E-state index contributed by atoms with van der Waals surface area (Å²) in [7, 11) is 0. The molecule has 0 aromatic heterocycles. The molecule has 1 aromatic carbocycles. The van der Waals surface area contributed by atoms with E-state index in [0.717, 1.165) is 5.56 Å². The second-order valence-corrected chi connectivity index (χ2v) is 4.62. The van der Waals surface area contributed by atoms with Crippen LogP contribution in [0.2, 0.25) is 5.02 Å². The predicted octanol–water partition coefficient (Wildman–Crippen LogP) is 2.98. The lowest BCUT2D eigenvalue weighted by Crippen LogP contribution is -2.26. The molecule has 19 heavy (non-hydrogen) atoms. The molecule has 0 spiro atoms. The maximum absolute atomic E-state index is 11.4. The predicted molar refractivity (Wildman–Crippen MR) is 78.7 cm³/mol. The second kappa shape index (κ2) is 8.25. The van der Waals surface area contributed by atoms with Crippen LogP contribution in [-0.2, 0) is 4.79 Å². The Morgan fingerprint density at radius 2 is 2.05 bits per heavy atom. The van der Waals surface area contributed by atoms with Crippen molar-refractivity contribution >= 4 is 46.4 Å². The molecule has 0 aliphatic carbocycles. The quantitative estimate of drug-likeness (QED) is 0.497. The molecule has 0 aliphatic rings. The van der Waals surface area contributed by atoms with Gasteiger partial charge in [-0.25, -0.2) is 5.43 Å². The third-order valence-corrected chi connectivity index (χ3v) is 3.19. The summed E-state index contributed by atoms with van der Waals surface area (Å²) in [5.74, 6) is 0.512. The third-order valence-electron chi connectivity index (χ3n) is 2.15. The molecule has 0 radical (unpaired) electrons. The van der Waals surface area contributed by atoms with E-state index in [0.29, 0.717) is 16.5 Å². The number of carbonyl (C=O) groups excluding carboxylic acids is 1. The van der Waals surface area contributed by atoms with Crippen molar-refractivity contribution in [2.45, 2.75) is 6.92 Å². The lowest BCUT2D eigenvalue weighted by atomic mass is 10.2. The number of aryl methyl sites for hydroxylation is 1. The highest BCUT2D eigenvalue weighted by Gasteiger charge is 2.04. The minimum Gasteiger partial charge on any atom is -0.484 e. The topological polar surface area (TPSA) is 50.7 Å². The number of rotatable bonds is 6.